The van der Waals surface area contributed by atoms with Gasteiger partial charge in [0, 0.05) is 23.8 Å². The first-order valence-electron chi connectivity index (χ1n) is 9.42. The lowest BCUT2D eigenvalue weighted by atomic mass is 10.2. The molecule has 4 rings (SSSR count). The summed E-state index contributed by atoms with van der Waals surface area (Å²) in [5.41, 5.74) is 2.25. The highest BCUT2D eigenvalue weighted by Gasteiger charge is 2.25. The number of hydrogen-bond donors (Lipinski definition) is 2. The molecule has 28 heavy (non-hydrogen) atoms. The van der Waals surface area contributed by atoms with Crippen LogP contribution in [0.4, 0.5) is 11.8 Å². The van der Waals surface area contributed by atoms with Crippen molar-refractivity contribution < 1.29 is 0 Å². The SMILES string of the molecule is Cc1cnc(N[C@@H]2CC[C@@H](Nc3ccc(-n4cccc(C)c4=O)cn3)C2)nn1. The third-order valence-corrected chi connectivity index (χ3v) is 4.96. The van der Waals surface area contributed by atoms with Crippen molar-refractivity contribution >= 4 is 11.8 Å². The molecule has 1 aliphatic carbocycles. The molecule has 2 atom stereocenters. The Morgan fingerprint density at radius 3 is 2.54 bits per heavy atom. The Bertz CT molecular complexity index is 998. The minimum atomic E-state index is -0.0254. The van der Waals surface area contributed by atoms with E-state index >= 15 is 0 Å². The third kappa shape index (κ3) is 4.00. The van der Waals surface area contributed by atoms with E-state index in [0.29, 0.717) is 23.6 Å². The molecule has 2 N–H and O–H groups in total. The highest BCUT2D eigenvalue weighted by Crippen LogP contribution is 2.24. The smallest absolute Gasteiger partial charge is 0.258 e. The van der Waals surface area contributed by atoms with Gasteiger partial charge in [0.1, 0.15) is 5.82 Å². The van der Waals surface area contributed by atoms with Gasteiger partial charge in [0.2, 0.25) is 5.95 Å². The van der Waals surface area contributed by atoms with E-state index in [4.69, 9.17) is 0 Å². The summed E-state index contributed by atoms with van der Waals surface area (Å²) >= 11 is 0. The first kappa shape index (κ1) is 18.1. The van der Waals surface area contributed by atoms with Gasteiger partial charge in [-0.2, -0.15) is 5.10 Å². The fourth-order valence-electron chi connectivity index (χ4n) is 3.45. The molecule has 0 aliphatic heterocycles. The summed E-state index contributed by atoms with van der Waals surface area (Å²) in [6, 6.07) is 8.14. The molecule has 144 valence electrons. The molecule has 3 heterocycles. The molecule has 0 spiro atoms. The van der Waals surface area contributed by atoms with Crippen LogP contribution in [0.3, 0.4) is 0 Å². The van der Waals surface area contributed by atoms with Crippen molar-refractivity contribution in [1.29, 1.82) is 0 Å². The van der Waals surface area contributed by atoms with E-state index in [9.17, 15) is 4.79 Å². The highest BCUT2D eigenvalue weighted by atomic mass is 16.1. The Morgan fingerprint density at radius 1 is 1.00 bits per heavy atom. The maximum Gasteiger partial charge on any atom is 0.258 e. The molecule has 0 radical (unpaired) electrons. The van der Waals surface area contributed by atoms with E-state index < -0.39 is 0 Å². The molecule has 3 aromatic heterocycles. The van der Waals surface area contributed by atoms with Crippen LogP contribution in [0, 0.1) is 13.8 Å². The second-order valence-corrected chi connectivity index (χ2v) is 7.19. The molecule has 0 aromatic carbocycles. The topological polar surface area (TPSA) is 97.6 Å². The van der Waals surface area contributed by atoms with Crippen LogP contribution in [0.25, 0.3) is 5.69 Å². The van der Waals surface area contributed by atoms with Crippen LogP contribution in [0.2, 0.25) is 0 Å². The molecule has 1 saturated carbocycles. The molecule has 8 heteroatoms. The average molecular weight is 377 g/mol. The zero-order valence-electron chi connectivity index (χ0n) is 16.0. The maximum absolute atomic E-state index is 12.2. The maximum atomic E-state index is 12.2. The van der Waals surface area contributed by atoms with Crippen LogP contribution in [-0.2, 0) is 0 Å². The van der Waals surface area contributed by atoms with Gasteiger partial charge in [-0.1, -0.05) is 6.07 Å². The van der Waals surface area contributed by atoms with Gasteiger partial charge in [-0.15, -0.1) is 5.10 Å². The fraction of sp³-hybridized carbons (Fsp3) is 0.350. The van der Waals surface area contributed by atoms with Gasteiger partial charge in [0.25, 0.3) is 5.56 Å². The van der Waals surface area contributed by atoms with Crippen molar-refractivity contribution in [3.8, 4) is 5.69 Å². The quantitative estimate of drug-likeness (QED) is 0.705. The van der Waals surface area contributed by atoms with Crippen molar-refractivity contribution in [2.45, 2.75) is 45.2 Å². The standard InChI is InChI=1S/C20H23N7O/c1-13-4-3-9-27(19(13)28)17-7-8-18(21-12-17)23-15-5-6-16(10-15)24-20-22-11-14(2)25-26-20/h3-4,7-9,11-12,15-16H,5-6,10H2,1-2H3,(H,21,23)(H,22,24,26)/t15-,16-/m1/s1. The molecular weight excluding hydrogens is 354 g/mol. The fourth-order valence-corrected chi connectivity index (χ4v) is 3.45. The summed E-state index contributed by atoms with van der Waals surface area (Å²) in [7, 11) is 0. The second kappa shape index (κ2) is 7.75. The summed E-state index contributed by atoms with van der Waals surface area (Å²) in [6.45, 7) is 3.68. The number of aryl methyl sites for hydroxylation is 2. The lowest BCUT2D eigenvalue weighted by Crippen LogP contribution is -2.22. The average Bonchev–Trinajstić information content (AvgIpc) is 3.13. The van der Waals surface area contributed by atoms with E-state index in [0.717, 1.165) is 36.5 Å². The summed E-state index contributed by atoms with van der Waals surface area (Å²) in [6.07, 6.45) is 8.22. The largest absolute Gasteiger partial charge is 0.367 e. The van der Waals surface area contributed by atoms with Gasteiger partial charge in [-0.05, 0) is 51.3 Å². The van der Waals surface area contributed by atoms with Gasteiger partial charge < -0.3 is 10.6 Å². The number of hydrogen-bond acceptors (Lipinski definition) is 7. The van der Waals surface area contributed by atoms with Crippen LogP contribution in [0.5, 0.6) is 0 Å². The summed E-state index contributed by atoms with van der Waals surface area (Å²) in [4.78, 5) is 21.0. The third-order valence-electron chi connectivity index (χ3n) is 4.96. The number of nitrogens with one attached hydrogen (secondary N) is 2. The molecule has 0 amide bonds. The van der Waals surface area contributed by atoms with Crippen molar-refractivity contribution in [2.24, 2.45) is 0 Å². The van der Waals surface area contributed by atoms with E-state index in [1.165, 1.54) is 0 Å². The van der Waals surface area contributed by atoms with Gasteiger partial charge >= 0.3 is 0 Å². The molecule has 0 unspecified atom stereocenters. The van der Waals surface area contributed by atoms with Crippen LogP contribution in [-0.4, -0.2) is 36.8 Å². The molecule has 1 fully saturated rings. The Balaban J connectivity index is 1.37. The Labute approximate surface area is 163 Å². The van der Waals surface area contributed by atoms with Crippen LogP contribution in [0.15, 0.2) is 47.7 Å². The summed E-state index contributed by atoms with van der Waals surface area (Å²) in [5.74, 6) is 1.38. The minimum absolute atomic E-state index is 0.0254. The zero-order valence-corrected chi connectivity index (χ0v) is 16.0. The number of nitrogens with zero attached hydrogens (tertiary/aromatic N) is 5. The van der Waals surface area contributed by atoms with Crippen LogP contribution in [0.1, 0.15) is 30.5 Å². The monoisotopic (exact) mass is 377 g/mol. The molecule has 0 bridgehead atoms. The lowest BCUT2D eigenvalue weighted by molar-refractivity contribution is 0.712. The first-order chi connectivity index (χ1) is 13.6. The molecule has 0 saturated heterocycles. The number of aromatic nitrogens is 5. The lowest BCUT2D eigenvalue weighted by Gasteiger charge is -2.15. The number of pyridine rings is 2. The van der Waals surface area contributed by atoms with E-state index in [-0.39, 0.29) is 5.56 Å². The van der Waals surface area contributed by atoms with Crippen LogP contribution >= 0.6 is 0 Å². The molecule has 1 aliphatic rings. The van der Waals surface area contributed by atoms with Gasteiger partial charge in [0.15, 0.2) is 0 Å². The van der Waals surface area contributed by atoms with E-state index in [2.05, 4.69) is 30.8 Å². The van der Waals surface area contributed by atoms with Crippen LogP contribution < -0.4 is 16.2 Å². The van der Waals surface area contributed by atoms with Crippen molar-refractivity contribution in [3.05, 3.63) is 64.5 Å². The molecular formula is C20H23N7O. The number of rotatable bonds is 5. The van der Waals surface area contributed by atoms with Crippen molar-refractivity contribution in [2.75, 3.05) is 10.6 Å². The summed E-state index contributed by atoms with van der Waals surface area (Å²) in [5, 5.41) is 14.9. The zero-order chi connectivity index (χ0) is 19.5. The second-order valence-electron chi connectivity index (χ2n) is 7.19. The van der Waals surface area contributed by atoms with Crippen molar-refractivity contribution in [1.82, 2.24) is 24.7 Å². The Morgan fingerprint density at radius 2 is 1.82 bits per heavy atom. The number of anilines is 2. The molecule has 3 aromatic rings. The Kier molecular flexibility index (Phi) is 5.01. The van der Waals surface area contributed by atoms with Gasteiger partial charge in [0.05, 0.1) is 23.8 Å². The normalized spacial score (nSPS) is 18.8. The highest BCUT2D eigenvalue weighted by molar-refractivity contribution is 5.42. The van der Waals surface area contributed by atoms with E-state index in [1.54, 1.807) is 23.2 Å². The van der Waals surface area contributed by atoms with Gasteiger partial charge in [-0.25, -0.2) is 9.97 Å². The first-order valence-corrected chi connectivity index (χ1v) is 9.42. The predicted octanol–water partition coefficient (Wildman–Crippen LogP) is 2.48. The minimum Gasteiger partial charge on any atom is -0.367 e. The summed E-state index contributed by atoms with van der Waals surface area (Å²) < 4.78 is 1.61. The van der Waals surface area contributed by atoms with Crippen molar-refractivity contribution in [3.63, 3.8) is 0 Å². The predicted molar refractivity (Wildman–Crippen MR) is 108 cm³/mol. The Hall–Kier alpha value is -3.29. The molecule has 8 nitrogen and oxygen atoms in total. The van der Waals surface area contributed by atoms with Gasteiger partial charge in [-0.3, -0.25) is 9.36 Å². The van der Waals surface area contributed by atoms with E-state index in [1.807, 2.05) is 38.1 Å².